The van der Waals surface area contributed by atoms with Gasteiger partial charge in [-0.2, -0.15) is 0 Å². The molecule has 0 unspecified atom stereocenters. The van der Waals surface area contributed by atoms with Crippen molar-refractivity contribution < 1.29 is 9.59 Å². The van der Waals surface area contributed by atoms with Crippen LogP contribution in [0.2, 0.25) is 0 Å². The number of hydrogen-bond acceptors (Lipinski definition) is 3. The maximum Gasteiger partial charge on any atom is 0.230 e. The molecule has 25 heavy (non-hydrogen) atoms. The van der Waals surface area contributed by atoms with E-state index in [-0.39, 0.29) is 17.2 Å². The minimum absolute atomic E-state index is 0.190. The number of carbonyl (C=O) groups excluding carboxylic acids is 2. The lowest BCUT2D eigenvalue weighted by Crippen LogP contribution is -2.50. The maximum atomic E-state index is 12.9. The van der Waals surface area contributed by atoms with Crippen molar-refractivity contribution >= 4 is 11.8 Å². The number of nitrogens with zero attached hydrogens (tertiary/aromatic N) is 4. The van der Waals surface area contributed by atoms with Gasteiger partial charge in [0.1, 0.15) is 5.82 Å². The van der Waals surface area contributed by atoms with Gasteiger partial charge in [-0.1, -0.05) is 6.92 Å². The number of aromatic nitrogens is 2. The van der Waals surface area contributed by atoms with Gasteiger partial charge < -0.3 is 14.4 Å². The second kappa shape index (κ2) is 7.58. The van der Waals surface area contributed by atoms with Gasteiger partial charge in [0.2, 0.25) is 11.8 Å². The van der Waals surface area contributed by atoms with Crippen LogP contribution < -0.4 is 0 Å². The van der Waals surface area contributed by atoms with Gasteiger partial charge in [-0.3, -0.25) is 9.59 Å². The van der Waals surface area contributed by atoms with E-state index >= 15 is 0 Å². The summed E-state index contributed by atoms with van der Waals surface area (Å²) in [5, 5.41) is 0. The van der Waals surface area contributed by atoms with Crippen molar-refractivity contribution in [1.29, 1.82) is 0 Å². The second-order valence-corrected chi connectivity index (χ2v) is 7.51. The first-order valence-electron chi connectivity index (χ1n) is 9.60. The minimum atomic E-state index is -0.302. The van der Waals surface area contributed by atoms with E-state index in [2.05, 4.69) is 16.5 Å². The third-order valence-electron chi connectivity index (χ3n) is 5.74. The Bertz CT molecular complexity index is 625. The van der Waals surface area contributed by atoms with E-state index in [1.807, 2.05) is 22.9 Å². The molecule has 6 heteroatoms. The summed E-state index contributed by atoms with van der Waals surface area (Å²) in [6.45, 7) is 7.98. The summed E-state index contributed by atoms with van der Waals surface area (Å²) >= 11 is 0. The first kappa shape index (κ1) is 18.0. The summed E-state index contributed by atoms with van der Waals surface area (Å²) in [5.41, 5.74) is -0.302. The number of rotatable bonds is 6. The average Bonchev–Trinajstić information content (AvgIpc) is 3.20. The molecule has 0 aromatic carbocycles. The van der Waals surface area contributed by atoms with Gasteiger partial charge in [0.05, 0.1) is 5.41 Å². The van der Waals surface area contributed by atoms with Gasteiger partial charge in [-0.05, 0) is 39.0 Å². The smallest absolute Gasteiger partial charge is 0.230 e. The Morgan fingerprint density at radius 2 is 2.12 bits per heavy atom. The molecule has 1 aromatic rings. The Labute approximate surface area is 150 Å². The SMILES string of the molecule is CCCN1CCC[C@@]2(CCN(C(=O)CCCn3ccnc3C)C2)C1=O. The summed E-state index contributed by atoms with van der Waals surface area (Å²) in [7, 11) is 0. The molecule has 1 atom stereocenters. The lowest BCUT2D eigenvalue weighted by molar-refractivity contribution is -0.146. The largest absolute Gasteiger partial charge is 0.342 e. The Morgan fingerprint density at radius 3 is 2.84 bits per heavy atom. The first-order chi connectivity index (χ1) is 12.1. The molecule has 0 aliphatic carbocycles. The molecule has 2 amide bonds. The van der Waals surface area contributed by atoms with Crippen LogP contribution in [0.3, 0.4) is 0 Å². The van der Waals surface area contributed by atoms with E-state index in [4.69, 9.17) is 0 Å². The summed E-state index contributed by atoms with van der Waals surface area (Å²) in [6, 6.07) is 0. The molecular weight excluding hydrogens is 316 g/mol. The van der Waals surface area contributed by atoms with Crippen molar-refractivity contribution in [2.24, 2.45) is 5.41 Å². The molecule has 1 spiro atoms. The first-order valence-corrected chi connectivity index (χ1v) is 9.60. The van der Waals surface area contributed by atoms with Crippen molar-refractivity contribution in [3.63, 3.8) is 0 Å². The van der Waals surface area contributed by atoms with Gasteiger partial charge in [0, 0.05) is 51.5 Å². The van der Waals surface area contributed by atoms with Crippen LogP contribution in [0.25, 0.3) is 0 Å². The van der Waals surface area contributed by atoms with Crippen LogP contribution >= 0.6 is 0 Å². The molecule has 0 radical (unpaired) electrons. The highest BCUT2D eigenvalue weighted by atomic mass is 16.2. The molecule has 2 aliphatic heterocycles. The van der Waals surface area contributed by atoms with E-state index < -0.39 is 0 Å². The maximum absolute atomic E-state index is 12.9. The monoisotopic (exact) mass is 346 g/mol. The Hall–Kier alpha value is -1.85. The fraction of sp³-hybridized carbons (Fsp3) is 0.737. The van der Waals surface area contributed by atoms with Crippen LogP contribution in [-0.4, -0.2) is 57.3 Å². The highest BCUT2D eigenvalue weighted by molar-refractivity contribution is 5.86. The van der Waals surface area contributed by atoms with E-state index in [9.17, 15) is 9.59 Å². The van der Waals surface area contributed by atoms with Gasteiger partial charge in [0.25, 0.3) is 0 Å². The number of amides is 2. The zero-order valence-electron chi connectivity index (χ0n) is 15.5. The van der Waals surface area contributed by atoms with Crippen molar-refractivity contribution in [2.75, 3.05) is 26.2 Å². The van der Waals surface area contributed by atoms with Crippen molar-refractivity contribution in [3.05, 3.63) is 18.2 Å². The van der Waals surface area contributed by atoms with Crippen LogP contribution in [0.4, 0.5) is 0 Å². The zero-order valence-corrected chi connectivity index (χ0v) is 15.5. The number of hydrogen-bond donors (Lipinski definition) is 0. The fourth-order valence-electron chi connectivity index (χ4n) is 4.30. The number of imidazole rings is 1. The third-order valence-corrected chi connectivity index (χ3v) is 5.74. The van der Waals surface area contributed by atoms with Gasteiger partial charge in [0.15, 0.2) is 0 Å². The van der Waals surface area contributed by atoms with E-state index in [1.54, 1.807) is 6.20 Å². The number of likely N-dealkylation sites (tertiary alicyclic amines) is 2. The van der Waals surface area contributed by atoms with E-state index in [0.717, 1.165) is 64.1 Å². The number of carbonyl (C=O) groups is 2. The predicted molar refractivity (Wildman–Crippen MR) is 95.9 cm³/mol. The van der Waals surface area contributed by atoms with Crippen molar-refractivity contribution in [2.45, 2.75) is 58.9 Å². The lowest BCUT2D eigenvalue weighted by atomic mass is 9.78. The molecule has 2 fully saturated rings. The molecule has 3 rings (SSSR count). The molecule has 0 N–H and O–H groups in total. The standard InChI is InChI=1S/C19H30N4O2/c1-3-10-22-12-5-7-19(18(22)25)8-13-23(15-19)17(24)6-4-11-21-14-9-20-16(21)2/h9,14H,3-8,10-13,15H2,1-2H3/t19-/m0/s1. The predicted octanol–water partition coefficient (Wildman–Crippen LogP) is 2.22. The topological polar surface area (TPSA) is 58.4 Å². The molecule has 138 valence electrons. The number of piperidine rings is 1. The Morgan fingerprint density at radius 1 is 1.28 bits per heavy atom. The van der Waals surface area contributed by atoms with Crippen LogP contribution in [0, 0.1) is 12.3 Å². The van der Waals surface area contributed by atoms with Crippen LogP contribution in [-0.2, 0) is 16.1 Å². The minimum Gasteiger partial charge on any atom is -0.342 e. The average molecular weight is 346 g/mol. The van der Waals surface area contributed by atoms with E-state index in [1.165, 1.54) is 0 Å². The molecule has 1 aromatic heterocycles. The van der Waals surface area contributed by atoms with Crippen LogP contribution in [0.15, 0.2) is 12.4 Å². The molecule has 3 heterocycles. The van der Waals surface area contributed by atoms with Gasteiger partial charge in [-0.15, -0.1) is 0 Å². The quantitative estimate of drug-likeness (QED) is 0.794. The number of aryl methyl sites for hydroxylation is 2. The van der Waals surface area contributed by atoms with Crippen molar-refractivity contribution in [3.8, 4) is 0 Å². The Balaban J connectivity index is 1.52. The highest BCUT2D eigenvalue weighted by Crippen LogP contribution is 2.40. The second-order valence-electron chi connectivity index (χ2n) is 7.51. The Kier molecular flexibility index (Phi) is 5.45. The third kappa shape index (κ3) is 3.72. The molecule has 0 saturated carbocycles. The van der Waals surface area contributed by atoms with Gasteiger partial charge >= 0.3 is 0 Å². The zero-order chi connectivity index (χ0) is 17.9. The summed E-state index contributed by atoms with van der Waals surface area (Å²) < 4.78 is 2.08. The van der Waals surface area contributed by atoms with Crippen LogP contribution in [0.1, 0.15) is 51.3 Å². The molecular formula is C19H30N4O2. The van der Waals surface area contributed by atoms with Gasteiger partial charge in [-0.25, -0.2) is 4.98 Å². The summed E-state index contributed by atoms with van der Waals surface area (Å²) in [6.07, 6.45) is 8.93. The van der Waals surface area contributed by atoms with E-state index in [0.29, 0.717) is 13.0 Å². The lowest BCUT2D eigenvalue weighted by Gasteiger charge is -2.39. The summed E-state index contributed by atoms with van der Waals surface area (Å²) in [5.74, 6) is 1.45. The fourth-order valence-corrected chi connectivity index (χ4v) is 4.30. The normalized spacial score (nSPS) is 23.7. The highest BCUT2D eigenvalue weighted by Gasteiger charge is 2.48. The van der Waals surface area contributed by atoms with Crippen LogP contribution in [0.5, 0.6) is 0 Å². The molecule has 6 nitrogen and oxygen atoms in total. The summed E-state index contributed by atoms with van der Waals surface area (Å²) in [4.78, 5) is 33.6. The van der Waals surface area contributed by atoms with Crippen molar-refractivity contribution in [1.82, 2.24) is 19.4 Å². The molecule has 0 bridgehead atoms. The molecule has 2 aliphatic rings. The molecule has 2 saturated heterocycles.